The van der Waals surface area contributed by atoms with E-state index in [1.807, 2.05) is 24.3 Å². The Morgan fingerprint density at radius 3 is 2.71 bits per heavy atom. The summed E-state index contributed by atoms with van der Waals surface area (Å²) in [6, 6.07) is 7.44. The maximum Gasteiger partial charge on any atom is 0.0793 e. The first-order chi connectivity index (χ1) is 6.63. The van der Waals surface area contributed by atoms with Crippen LogP contribution >= 0.6 is 11.6 Å². The van der Waals surface area contributed by atoms with E-state index < -0.39 is 0 Å². The van der Waals surface area contributed by atoms with Crippen LogP contribution in [0.25, 0.3) is 0 Å². The van der Waals surface area contributed by atoms with E-state index in [-0.39, 0.29) is 6.10 Å². The zero-order valence-electron chi connectivity index (χ0n) is 8.70. The lowest BCUT2D eigenvalue weighted by molar-refractivity contribution is 0.146. The third-order valence-corrected chi connectivity index (χ3v) is 2.79. The van der Waals surface area contributed by atoms with Crippen molar-refractivity contribution in [3.8, 4) is 0 Å². The van der Waals surface area contributed by atoms with Crippen LogP contribution in [-0.4, -0.2) is 5.11 Å². The average molecular weight is 213 g/mol. The summed E-state index contributed by atoms with van der Waals surface area (Å²) < 4.78 is 0. The van der Waals surface area contributed by atoms with Crippen molar-refractivity contribution in [3.05, 3.63) is 34.9 Å². The topological polar surface area (TPSA) is 20.2 Å². The molecule has 1 aromatic carbocycles. The van der Waals surface area contributed by atoms with Gasteiger partial charge in [0, 0.05) is 5.02 Å². The lowest BCUT2D eigenvalue weighted by atomic mass is 9.96. The number of hydrogen-bond acceptors (Lipinski definition) is 1. The minimum Gasteiger partial charge on any atom is -0.388 e. The smallest absolute Gasteiger partial charge is 0.0793 e. The first-order valence-corrected chi connectivity index (χ1v) is 5.44. The van der Waals surface area contributed by atoms with Gasteiger partial charge in [0.2, 0.25) is 0 Å². The van der Waals surface area contributed by atoms with E-state index in [0.717, 1.165) is 18.4 Å². The van der Waals surface area contributed by atoms with Gasteiger partial charge in [-0.15, -0.1) is 0 Å². The molecule has 0 amide bonds. The summed E-state index contributed by atoms with van der Waals surface area (Å²) in [5.74, 6) is 0.545. The molecule has 0 aliphatic rings. The highest BCUT2D eigenvalue weighted by molar-refractivity contribution is 6.30. The summed E-state index contributed by atoms with van der Waals surface area (Å²) in [5.41, 5.74) is 0.915. The molecule has 0 saturated carbocycles. The molecule has 2 heteroatoms. The Labute approximate surface area is 90.7 Å². The van der Waals surface area contributed by atoms with Gasteiger partial charge in [0.1, 0.15) is 0 Å². The van der Waals surface area contributed by atoms with Crippen LogP contribution < -0.4 is 0 Å². The predicted octanol–water partition coefficient (Wildman–Crippen LogP) is 3.81. The Kier molecular flexibility index (Phi) is 4.43. The zero-order valence-corrected chi connectivity index (χ0v) is 9.46. The van der Waals surface area contributed by atoms with Gasteiger partial charge < -0.3 is 5.11 Å². The number of benzene rings is 1. The van der Waals surface area contributed by atoms with Gasteiger partial charge in [-0.25, -0.2) is 0 Å². The van der Waals surface area contributed by atoms with E-state index in [0.29, 0.717) is 10.9 Å². The Hall–Kier alpha value is -0.530. The second-order valence-electron chi connectivity index (χ2n) is 3.82. The third kappa shape index (κ3) is 3.32. The molecule has 0 bridgehead atoms. The molecule has 0 radical (unpaired) electrons. The highest BCUT2D eigenvalue weighted by atomic mass is 35.5. The number of aliphatic hydroxyl groups excluding tert-OH is 1. The first-order valence-electron chi connectivity index (χ1n) is 5.07. The molecular weight excluding hydrogens is 196 g/mol. The zero-order chi connectivity index (χ0) is 10.6. The molecule has 78 valence electrons. The summed E-state index contributed by atoms with van der Waals surface area (Å²) in [6.07, 6.45) is 1.51. The second-order valence-corrected chi connectivity index (χ2v) is 4.26. The average Bonchev–Trinajstić information content (AvgIpc) is 2.17. The lowest BCUT2D eigenvalue weighted by Crippen LogP contribution is -2.03. The molecule has 1 N–H and O–H groups in total. The molecule has 1 aromatic rings. The van der Waals surface area contributed by atoms with Crippen molar-refractivity contribution in [3.63, 3.8) is 0 Å². The van der Waals surface area contributed by atoms with E-state index in [1.165, 1.54) is 0 Å². The summed E-state index contributed by atoms with van der Waals surface area (Å²) in [7, 11) is 0. The Morgan fingerprint density at radius 2 is 2.14 bits per heavy atom. The van der Waals surface area contributed by atoms with Gasteiger partial charge in [0.25, 0.3) is 0 Å². The maximum atomic E-state index is 9.89. The van der Waals surface area contributed by atoms with Gasteiger partial charge in [0.05, 0.1) is 6.10 Å². The van der Waals surface area contributed by atoms with Crippen molar-refractivity contribution in [1.82, 2.24) is 0 Å². The second kappa shape index (κ2) is 5.38. The Morgan fingerprint density at radius 1 is 1.43 bits per heavy atom. The molecule has 1 nitrogen and oxygen atoms in total. The van der Waals surface area contributed by atoms with Gasteiger partial charge in [-0.2, -0.15) is 0 Å². The van der Waals surface area contributed by atoms with Crippen LogP contribution in [0.1, 0.15) is 38.4 Å². The van der Waals surface area contributed by atoms with Gasteiger partial charge in [-0.1, -0.05) is 44.0 Å². The van der Waals surface area contributed by atoms with Crippen molar-refractivity contribution in [1.29, 1.82) is 0 Å². The van der Waals surface area contributed by atoms with Crippen LogP contribution in [0.3, 0.4) is 0 Å². The van der Waals surface area contributed by atoms with Crippen molar-refractivity contribution in [2.24, 2.45) is 5.92 Å². The standard InChI is InChI=1S/C12H17ClO/c1-3-9(2)7-12(14)10-5-4-6-11(13)8-10/h4-6,8-9,12,14H,3,7H2,1-2H3. The fraction of sp³-hybridized carbons (Fsp3) is 0.500. The molecule has 0 saturated heterocycles. The number of aliphatic hydroxyl groups is 1. The molecule has 2 unspecified atom stereocenters. The lowest BCUT2D eigenvalue weighted by Gasteiger charge is -2.15. The highest BCUT2D eigenvalue weighted by Gasteiger charge is 2.11. The summed E-state index contributed by atoms with van der Waals surface area (Å²) in [5, 5.41) is 10.6. The van der Waals surface area contributed by atoms with E-state index in [9.17, 15) is 5.11 Å². The molecule has 1 rings (SSSR count). The van der Waals surface area contributed by atoms with Crippen molar-refractivity contribution in [2.75, 3.05) is 0 Å². The van der Waals surface area contributed by atoms with Gasteiger partial charge in [-0.3, -0.25) is 0 Å². The maximum absolute atomic E-state index is 9.89. The minimum atomic E-state index is -0.386. The van der Waals surface area contributed by atoms with Crippen LogP contribution in [0.15, 0.2) is 24.3 Å². The van der Waals surface area contributed by atoms with Crippen LogP contribution in [-0.2, 0) is 0 Å². The van der Waals surface area contributed by atoms with Crippen LogP contribution in [0.4, 0.5) is 0 Å². The monoisotopic (exact) mass is 212 g/mol. The molecular formula is C12H17ClO. The van der Waals surface area contributed by atoms with Crippen LogP contribution in [0.5, 0.6) is 0 Å². The third-order valence-electron chi connectivity index (χ3n) is 2.56. The van der Waals surface area contributed by atoms with E-state index in [4.69, 9.17) is 11.6 Å². The fourth-order valence-corrected chi connectivity index (χ4v) is 1.60. The van der Waals surface area contributed by atoms with Gasteiger partial charge in [-0.05, 0) is 30.0 Å². The van der Waals surface area contributed by atoms with Crippen LogP contribution in [0.2, 0.25) is 5.02 Å². The Balaban J connectivity index is 2.64. The molecule has 0 aliphatic heterocycles. The van der Waals surface area contributed by atoms with Crippen LogP contribution in [0, 0.1) is 5.92 Å². The number of rotatable bonds is 4. The fourth-order valence-electron chi connectivity index (χ4n) is 1.40. The van der Waals surface area contributed by atoms with Crippen molar-refractivity contribution in [2.45, 2.75) is 32.8 Å². The van der Waals surface area contributed by atoms with Crippen molar-refractivity contribution < 1.29 is 5.11 Å². The SMILES string of the molecule is CCC(C)CC(O)c1cccc(Cl)c1. The molecule has 0 spiro atoms. The summed E-state index contributed by atoms with van der Waals surface area (Å²) in [6.45, 7) is 4.28. The molecule has 0 fully saturated rings. The molecule has 0 heterocycles. The minimum absolute atomic E-state index is 0.386. The van der Waals surface area contributed by atoms with Gasteiger partial charge in [0.15, 0.2) is 0 Å². The Bertz CT molecular complexity index is 285. The summed E-state index contributed by atoms with van der Waals surface area (Å²) >= 11 is 5.85. The summed E-state index contributed by atoms with van der Waals surface area (Å²) in [4.78, 5) is 0. The predicted molar refractivity (Wildman–Crippen MR) is 60.5 cm³/mol. The highest BCUT2D eigenvalue weighted by Crippen LogP contribution is 2.24. The number of halogens is 1. The number of hydrogen-bond donors (Lipinski definition) is 1. The van der Waals surface area contributed by atoms with E-state index in [1.54, 1.807) is 0 Å². The molecule has 14 heavy (non-hydrogen) atoms. The molecule has 0 aliphatic carbocycles. The quantitative estimate of drug-likeness (QED) is 0.805. The normalized spacial score (nSPS) is 15.1. The van der Waals surface area contributed by atoms with E-state index in [2.05, 4.69) is 13.8 Å². The largest absolute Gasteiger partial charge is 0.388 e. The molecule has 2 atom stereocenters. The van der Waals surface area contributed by atoms with Gasteiger partial charge >= 0.3 is 0 Å². The van der Waals surface area contributed by atoms with Crippen molar-refractivity contribution >= 4 is 11.6 Å². The molecule has 0 aromatic heterocycles. The van der Waals surface area contributed by atoms with E-state index >= 15 is 0 Å². The first kappa shape index (κ1) is 11.5.